The molecule has 2 aromatic carbocycles. The van der Waals surface area contributed by atoms with Gasteiger partial charge in [0.15, 0.2) is 0 Å². The monoisotopic (exact) mass is 253 g/mol. The molecular formula is C17H19NO. The first-order valence-corrected chi connectivity index (χ1v) is 6.57. The second kappa shape index (κ2) is 7.27. The predicted molar refractivity (Wildman–Crippen MR) is 81.6 cm³/mol. The Morgan fingerprint density at radius 3 is 2.68 bits per heavy atom. The topological polar surface area (TPSA) is 21.3 Å². The zero-order chi connectivity index (χ0) is 13.3. The van der Waals surface area contributed by atoms with Gasteiger partial charge in [-0.15, -0.1) is 0 Å². The van der Waals surface area contributed by atoms with Crippen molar-refractivity contribution in [3.8, 4) is 5.75 Å². The molecule has 0 saturated heterocycles. The maximum atomic E-state index is 5.46. The van der Waals surface area contributed by atoms with Crippen molar-refractivity contribution in [3.05, 3.63) is 66.2 Å². The fraction of sp³-hybridized carbons (Fsp3) is 0.176. The van der Waals surface area contributed by atoms with Crippen LogP contribution in [0, 0.1) is 0 Å². The van der Waals surface area contributed by atoms with E-state index in [0.29, 0.717) is 6.61 Å². The first-order valence-electron chi connectivity index (χ1n) is 6.57. The van der Waals surface area contributed by atoms with Gasteiger partial charge in [-0.25, -0.2) is 0 Å². The lowest BCUT2D eigenvalue weighted by molar-refractivity contribution is 0.340. The Hall–Kier alpha value is -2.22. The second-order valence-electron chi connectivity index (χ2n) is 4.15. The summed E-state index contributed by atoms with van der Waals surface area (Å²) < 4.78 is 5.46. The van der Waals surface area contributed by atoms with E-state index in [1.807, 2.05) is 49.4 Å². The van der Waals surface area contributed by atoms with E-state index in [1.165, 1.54) is 5.56 Å². The molecule has 2 nitrogen and oxygen atoms in total. The molecule has 2 aromatic rings. The number of anilines is 1. The van der Waals surface area contributed by atoms with Gasteiger partial charge < -0.3 is 10.1 Å². The molecule has 98 valence electrons. The Morgan fingerprint density at radius 1 is 1.05 bits per heavy atom. The molecule has 0 radical (unpaired) electrons. The van der Waals surface area contributed by atoms with Gasteiger partial charge in [0.25, 0.3) is 0 Å². The third-order valence-electron chi connectivity index (χ3n) is 2.68. The van der Waals surface area contributed by atoms with Crippen molar-refractivity contribution >= 4 is 11.8 Å². The number of hydrogen-bond acceptors (Lipinski definition) is 2. The number of nitrogens with one attached hydrogen (secondary N) is 1. The van der Waals surface area contributed by atoms with E-state index in [-0.39, 0.29) is 0 Å². The fourth-order valence-corrected chi connectivity index (χ4v) is 1.80. The summed E-state index contributed by atoms with van der Waals surface area (Å²) in [6, 6.07) is 18.3. The molecule has 0 aliphatic rings. The van der Waals surface area contributed by atoms with E-state index in [0.717, 1.165) is 18.0 Å². The minimum Gasteiger partial charge on any atom is -0.494 e. The van der Waals surface area contributed by atoms with Gasteiger partial charge in [-0.3, -0.25) is 0 Å². The lowest BCUT2D eigenvalue weighted by Gasteiger charge is -2.07. The molecule has 0 saturated carbocycles. The SMILES string of the molecule is CCOc1cccc(NCC=Cc2ccccc2)c1. The molecule has 0 bridgehead atoms. The first kappa shape index (κ1) is 13.2. The van der Waals surface area contributed by atoms with Crippen molar-refractivity contribution < 1.29 is 4.74 Å². The Kier molecular flexibility index (Phi) is 5.06. The highest BCUT2D eigenvalue weighted by Gasteiger charge is 1.94. The normalized spacial score (nSPS) is 10.6. The van der Waals surface area contributed by atoms with Crippen molar-refractivity contribution in [2.45, 2.75) is 6.92 Å². The first-order chi connectivity index (χ1) is 9.38. The molecule has 0 amide bonds. The third kappa shape index (κ3) is 4.51. The van der Waals surface area contributed by atoms with E-state index in [1.54, 1.807) is 0 Å². The molecule has 19 heavy (non-hydrogen) atoms. The van der Waals surface area contributed by atoms with Gasteiger partial charge in [-0.2, -0.15) is 0 Å². The molecule has 0 aromatic heterocycles. The van der Waals surface area contributed by atoms with Gasteiger partial charge in [-0.1, -0.05) is 48.6 Å². The molecule has 0 aliphatic heterocycles. The average Bonchev–Trinajstić information content (AvgIpc) is 2.46. The molecule has 1 N–H and O–H groups in total. The van der Waals surface area contributed by atoms with Crippen LogP contribution in [0.1, 0.15) is 12.5 Å². The van der Waals surface area contributed by atoms with E-state index in [4.69, 9.17) is 4.74 Å². The van der Waals surface area contributed by atoms with E-state index in [9.17, 15) is 0 Å². The quantitative estimate of drug-likeness (QED) is 0.832. The van der Waals surface area contributed by atoms with Crippen molar-refractivity contribution in [2.75, 3.05) is 18.5 Å². The molecule has 0 spiro atoms. The maximum absolute atomic E-state index is 5.46. The Bertz CT molecular complexity index is 520. The van der Waals surface area contributed by atoms with Crippen LogP contribution in [0.4, 0.5) is 5.69 Å². The standard InChI is InChI=1S/C17H19NO/c1-2-19-17-12-6-11-16(14-17)18-13-7-10-15-8-4-3-5-9-15/h3-12,14,18H,2,13H2,1H3. The minimum absolute atomic E-state index is 0.692. The summed E-state index contributed by atoms with van der Waals surface area (Å²) in [5.41, 5.74) is 2.29. The van der Waals surface area contributed by atoms with Gasteiger partial charge in [0.2, 0.25) is 0 Å². The van der Waals surface area contributed by atoms with Crippen LogP contribution in [-0.2, 0) is 0 Å². The minimum atomic E-state index is 0.692. The highest BCUT2D eigenvalue weighted by Crippen LogP contribution is 2.17. The van der Waals surface area contributed by atoms with Gasteiger partial charge in [0.1, 0.15) is 5.75 Å². The Morgan fingerprint density at radius 2 is 1.89 bits per heavy atom. The lowest BCUT2D eigenvalue weighted by Crippen LogP contribution is -1.98. The summed E-state index contributed by atoms with van der Waals surface area (Å²) in [7, 11) is 0. The highest BCUT2D eigenvalue weighted by molar-refractivity contribution is 5.52. The number of benzene rings is 2. The van der Waals surface area contributed by atoms with Gasteiger partial charge in [0.05, 0.1) is 6.61 Å². The summed E-state index contributed by atoms with van der Waals surface area (Å²) in [6.45, 7) is 3.48. The van der Waals surface area contributed by atoms with Crippen LogP contribution < -0.4 is 10.1 Å². The van der Waals surface area contributed by atoms with Crippen molar-refractivity contribution in [1.29, 1.82) is 0 Å². The summed E-state index contributed by atoms with van der Waals surface area (Å²) in [5.74, 6) is 0.902. The summed E-state index contributed by atoms with van der Waals surface area (Å²) in [4.78, 5) is 0. The highest BCUT2D eigenvalue weighted by atomic mass is 16.5. The van der Waals surface area contributed by atoms with Crippen LogP contribution in [0.5, 0.6) is 5.75 Å². The van der Waals surface area contributed by atoms with E-state index < -0.39 is 0 Å². The predicted octanol–water partition coefficient (Wildman–Crippen LogP) is 4.21. The number of rotatable bonds is 6. The largest absolute Gasteiger partial charge is 0.494 e. The van der Waals surface area contributed by atoms with Gasteiger partial charge >= 0.3 is 0 Å². The molecule has 0 unspecified atom stereocenters. The number of hydrogen-bond donors (Lipinski definition) is 1. The maximum Gasteiger partial charge on any atom is 0.121 e. The summed E-state index contributed by atoms with van der Waals surface area (Å²) >= 11 is 0. The van der Waals surface area contributed by atoms with Crippen LogP contribution in [0.3, 0.4) is 0 Å². The lowest BCUT2D eigenvalue weighted by atomic mass is 10.2. The molecule has 0 atom stereocenters. The molecule has 0 fully saturated rings. The summed E-state index contributed by atoms with van der Waals surface area (Å²) in [5, 5.41) is 3.35. The van der Waals surface area contributed by atoms with Crippen molar-refractivity contribution in [3.63, 3.8) is 0 Å². The molecule has 2 heteroatoms. The average molecular weight is 253 g/mol. The molecule has 2 rings (SSSR count). The van der Waals surface area contributed by atoms with Crippen LogP contribution in [0.2, 0.25) is 0 Å². The van der Waals surface area contributed by atoms with Crippen molar-refractivity contribution in [2.24, 2.45) is 0 Å². The van der Waals surface area contributed by atoms with Crippen LogP contribution in [-0.4, -0.2) is 13.2 Å². The Labute approximate surface area is 114 Å². The molecule has 0 aliphatic carbocycles. The zero-order valence-electron chi connectivity index (χ0n) is 11.2. The second-order valence-corrected chi connectivity index (χ2v) is 4.15. The van der Waals surface area contributed by atoms with Gasteiger partial charge in [0, 0.05) is 18.3 Å². The van der Waals surface area contributed by atoms with Gasteiger partial charge in [-0.05, 0) is 24.6 Å². The summed E-state index contributed by atoms with van der Waals surface area (Å²) in [6.07, 6.45) is 4.22. The van der Waals surface area contributed by atoms with Crippen LogP contribution in [0.25, 0.3) is 6.08 Å². The Balaban J connectivity index is 1.85. The fourth-order valence-electron chi connectivity index (χ4n) is 1.80. The third-order valence-corrected chi connectivity index (χ3v) is 2.68. The van der Waals surface area contributed by atoms with Crippen LogP contribution in [0.15, 0.2) is 60.7 Å². The zero-order valence-corrected chi connectivity index (χ0v) is 11.2. The molecule has 0 heterocycles. The number of ether oxygens (including phenoxy) is 1. The van der Waals surface area contributed by atoms with E-state index in [2.05, 4.69) is 29.6 Å². The van der Waals surface area contributed by atoms with Crippen molar-refractivity contribution in [1.82, 2.24) is 0 Å². The van der Waals surface area contributed by atoms with Crippen LogP contribution >= 0.6 is 0 Å². The van der Waals surface area contributed by atoms with E-state index >= 15 is 0 Å². The smallest absolute Gasteiger partial charge is 0.121 e. The molecular weight excluding hydrogens is 234 g/mol.